The van der Waals surface area contributed by atoms with Crippen molar-refractivity contribution >= 4 is 23.8 Å². The summed E-state index contributed by atoms with van der Waals surface area (Å²) in [6.45, 7) is 0.328. The monoisotopic (exact) mass is 436 g/mol. The van der Waals surface area contributed by atoms with Gasteiger partial charge in [-0.3, -0.25) is 14.8 Å². The first-order valence-corrected chi connectivity index (χ1v) is 8.36. The third-order valence-corrected chi connectivity index (χ3v) is 4.24. The van der Waals surface area contributed by atoms with Crippen LogP contribution in [0.25, 0.3) is 0 Å². The molecule has 0 saturated heterocycles. The van der Waals surface area contributed by atoms with Crippen molar-refractivity contribution in [3.63, 3.8) is 0 Å². The van der Waals surface area contributed by atoms with E-state index in [4.69, 9.17) is 11.6 Å². The summed E-state index contributed by atoms with van der Waals surface area (Å²) < 4.78 is 79.4. The lowest BCUT2D eigenvalue weighted by atomic mass is 10.0. The van der Waals surface area contributed by atoms with Crippen molar-refractivity contribution in [3.8, 4) is 0 Å². The van der Waals surface area contributed by atoms with E-state index < -0.39 is 52.1 Å². The summed E-state index contributed by atoms with van der Waals surface area (Å²) >= 11 is 5.52. The van der Waals surface area contributed by atoms with Gasteiger partial charge in [0.15, 0.2) is 5.69 Å². The van der Waals surface area contributed by atoms with Crippen molar-refractivity contribution in [1.29, 1.82) is 0 Å². The fraction of sp³-hybridized carbons (Fsp3) is 0.235. The number of nitrogens with zero attached hydrogens (tertiary/aromatic N) is 2. The van der Waals surface area contributed by atoms with Gasteiger partial charge in [-0.15, -0.1) is 0 Å². The van der Waals surface area contributed by atoms with Gasteiger partial charge in [-0.25, -0.2) is 4.98 Å². The second-order valence-electron chi connectivity index (χ2n) is 6.01. The van der Waals surface area contributed by atoms with Gasteiger partial charge in [-0.05, 0) is 23.8 Å². The summed E-state index contributed by atoms with van der Waals surface area (Å²) in [5.41, 5.74) is -4.47. The molecule has 0 spiro atoms. The average molecular weight is 437 g/mol. The number of allylic oxidation sites excluding steroid dienone is 1. The maximum absolute atomic E-state index is 13.5. The largest absolute Gasteiger partial charge is 0.433 e. The molecule has 0 unspecified atom stereocenters. The van der Waals surface area contributed by atoms with Crippen LogP contribution in [0.15, 0.2) is 39.8 Å². The normalized spacial score (nSPS) is 14.2. The van der Waals surface area contributed by atoms with Crippen LogP contribution in [0.1, 0.15) is 22.4 Å². The fourth-order valence-corrected chi connectivity index (χ4v) is 2.86. The number of H-pyrrole nitrogens is 1. The average Bonchev–Trinajstić information content (AvgIpc) is 3.09. The third-order valence-electron chi connectivity index (χ3n) is 3.91. The Morgan fingerprint density at radius 3 is 2.45 bits per heavy atom. The van der Waals surface area contributed by atoms with Crippen molar-refractivity contribution in [2.24, 2.45) is 4.99 Å². The molecule has 12 heteroatoms. The van der Waals surface area contributed by atoms with Crippen LogP contribution in [0.4, 0.5) is 32.3 Å². The smallest absolute Gasteiger partial charge is 0.325 e. The molecule has 0 amide bonds. The van der Waals surface area contributed by atoms with Gasteiger partial charge in [0, 0.05) is 12.6 Å². The van der Waals surface area contributed by atoms with Crippen LogP contribution >= 0.6 is 11.6 Å². The second kappa shape index (κ2) is 7.54. The van der Waals surface area contributed by atoms with Gasteiger partial charge in [-0.1, -0.05) is 17.7 Å². The van der Waals surface area contributed by atoms with E-state index in [1.807, 2.05) is 0 Å². The predicted molar refractivity (Wildman–Crippen MR) is 94.2 cm³/mol. The maximum Gasteiger partial charge on any atom is 0.433 e. The van der Waals surface area contributed by atoms with Gasteiger partial charge >= 0.3 is 12.4 Å². The number of hydrogen-bond donors (Lipinski definition) is 2. The molecule has 1 aliphatic rings. The van der Waals surface area contributed by atoms with Gasteiger partial charge < -0.3 is 5.32 Å². The number of alkyl halides is 6. The molecule has 2 heterocycles. The molecular weight excluding hydrogens is 426 g/mol. The Labute approximate surface area is 164 Å². The van der Waals surface area contributed by atoms with E-state index in [0.29, 0.717) is 18.3 Å². The lowest BCUT2D eigenvalue weighted by molar-refractivity contribution is -0.142. The Morgan fingerprint density at radius 2 is 1.86 bits per heavy atom. The number of anilines is 1. The zero-order valence-electron chi connectivity index (χ0n) is 14.2. The molecule has 2 aromatic rings. The van der Waals surface area contributed by atoms with Gasteiger partial charge in [0.1, 0.15) is 0 Å². The fourth-order valence-electron chi connectivity index (χ4n) is 2.63. The first-order valence-electron chi connectivity index (χ1n) is 7.98. The summed E-state index contributed by atoms with van der Waals surface area (Å²) in [6, 6.07) is 2.63. The lowest BCUT2D eigenvalue weighted by Crippen LogP contribution is -2.25. The predicted octanol–water partition coefficient (Wildman–Crippen LogP) is 4.43. The second-order valence-corrected chi connectivity index (χ2v) is 6.41. The van der Waals surface area contributed by atoms with Crippen LogP contribution in [0.3, 0.4) is 0 Å². The zero-order chi connectivity index (χ0) is 21.4. The molecule has 0 bridgehead atoms. The molecule has 0 aliphatic carbocycles. The number of nitrogens with one attached hydrogen (secondary N) is 2. The molecule has 1 aromatic carbocycles. The third kappa shape index (κ3) is 4.78. The van der Waals surface area contributed by atoms with Crippen LogP contribution in [0, 0.1) is 0 Å². The molecule has 2 N–H and O–H groups in total. The Balaban J connectivity index is 2.03. The van der Waals surface area contributed by atoms with Crippen LogP contribution in [-0.4, -0.2) is 22.7 Å². The van der Waals surface area contributed by atoms with Gasteiger partial charge in [0.25, 0.3) is 5.56 Å². The molecule has 3 rings (SSSR count). The van der Waals surface area contributed by atoms with Crippen LogP contribution in [0.5, 0.6) is 0 Å². The maximum atomic E-state index is 13.5. The zero-order valence-corrected chi connectivity index (χ0v) is 15.0. The summed E-state index contributed by atoms with van der Waals surface area (Å²) in [5.74, 6) is -0.460. The number of hydrogen-bond acceptors (Lipinski definition) is 4. The standard InChI is InChI=1S/C17H11ClF6N4O/c18-12-2-1-8(6-11(12)16(19,20)21)5-10-13(17(22,23)24)27-15(28-14(10)29)26-9-3-4-25-7-9/h1-3,6-7H,4-5H2,(H2,26,27,28,29). The summed E-state index contributed by atoms with van der Waals surface area (Å²) in [6.07, 6.45) is -7.60. The number of aliphatic imine (C=N–C) groups is 1. The first kappa shape index (κ1) is 20.9. The van der Waals surface area contributed by atoms with Gasteiger partial charge in [0.2, 0.25) is 5.95 Å². The van der Waals surface area contributed by atoms with E-state index in [1.54, 1.807) is 6.08 Å². The molecule has 0 fully saturated rings. The van der Waals surface area contributed by atoms with Crippen molar-refractivity contribution in [1.82, 2.24) is 9.97 Å². The number of rotatable bonds is 4. The topological polar surface area (TPSA) is 70.1 Å². The van der Waals surface area contributed by atoms with E-state index >= 15 is 0 Å². The van der Waals surface area contributed by atoms with Crippen molar-refractivity contribution in [2.75, 3.05) is 11.9 Å². The Hall–Kier alpha value is -2.82. The number of benzene rings is 1. The summed E-state index contributed by atoms with van der Waals surface area (Å²) in [7, 11) is 0. The van der Waals surface area contributed by atoms with Crippen molar-refractivity contribution in [2.45, 2.75) is 18.8 Å². The first-order chi connectivity index (χ1) is 13.4. The quantitative estimate of drug-likeness (QED) is 0.697. The highest BCUT2D eigenvalue weighted by atomic mass is 35.5. The van der Waals surface area contributed by atoms with E-state index in [0.717, 1.165) is 12.1 Å². The molecule has 29 heavy (non-hydrogen) atoms. The SMILES string of the molecule is O=c1[nH]c(NC2=CCN=C2)nc(C(F)(F)F)c1Cc1ccc(Cl)c(C(F)(F)F)c1. The van der Waals surface area contributed by atoms with E-state index in [-0.39, 0.29) is 5.56 Å². The summed E-state index contributed by atoms with van der Waals surface area (Å²) in [4.78, 5) is 21.7. The van der Waals surface area contributed by atoms with Crippen molar-refractivity contribution < 1.29 is 26.3 Å². The molecule has 1 aliphatic heterocycles. The highest BCUT2D eigenvalue weighted by molar-refractivity contribution is 6.31. The van der Waals surface area contributed by atoms with Crippen LogP contribution in [-0.2, 0) is 18.8 Å². The minimum absolute atomic E-state index is 0.175. The van der Waals surface area contributed by atoms with E-state index in [1.165, 1.54) is 6.21 Å². The minimum atomic E-state index is -5.00. The summed E-state index contributed by atoms with van der Waals surface area (Å²) in [5, 5.41) is 1.90. The molecule has 0 atom stereocenters. The molecule has 154 valence electrons. The molecule has 0 saturated carbocycles. The Morgan fingerprint density at radius 1 is 1.14 bits per heavy atom. The van der Waals surface area contributed by atoms with Gasteiger partial charge in [-0.2, -0.15) is 26.3 Å². The highest BCUT2D eigenvalue weighted by Gasteiger charge is 2.38. The molecular formula is C17H11ClF6N4O. The van der Waals surface area contributed by atoms with E-state index in [9.17, 15) is 31.1 Å². The number of aromatic nitrogens is 2. The Bertz CT molecular complexity index is 1060. The number of aromatic amines is 1. The lowest BCUT2D eigenvalue weighted by Gasteiger charge is -2.15. The molecule has 5 nitrogen and oxygen atoms in total. The molecule has 0 radical (unpaired) electrons. The number of halogens is 7. The van der Waals surface area contributed by atoms with Crippen LogP contribution < -0.4 is 10.9 Å². The Kier molecular flexibility index (Phi) is 5.44. The molecule has 1 aromatic heterocycles. The van der Waals surface area contributed by atoms with Crippen LogP contribution in [0.2, 0.25) is 5.02 Å². The highest BCUT2D eigenvalue weighted by Crippen LogP contribution is 2.36. The van der Waals surface area contributed by atoms with E-state index in [2.05, 4.69) is 20.3 Å². The van der Waals surface area contributed by atoms with Crippen molar-refractivity contribution in [3.05, 3.63) is 67.7 Å². The van der Waals surface area contributed by atoms with Gasteiger partial charge in [0.05, 0.1) is 28.4 Å². The minimum Gasteiger partial charge on any atom is -0.325 e.